The van der Waals surface area contributed by atoms with Gasteiger partial charge in [0, 0.05) is 30.1 Å². The van der Waals surface area contributed by atoms with Crippen LogP contribution in [-0.4, -0.2) is 79.0 Å². The molecule has 0 radical (unpaired) electrons. The van der Waals surface area contributed by atoms with E-state index in [0.717, 1.165) is 32.5 Å². The van der Waals surface area contributed by atoms with Crippen LogP contribution in [0.15, 0.2) is 17.5 Å². The molecule has 0 aromatic carbocycles. The van der Waals surface area contributed by atoms with Gasteiger partial charge in [-0.05, 0) is 58.1 Å². The first-order valence-corrected chi connectivity index (χ1v) is 10.9. The highest BCUT2D eigenvalue weighted by Crippen LogP contribution is 2.08. The number of imide groups is 1. The lowest BCUT2D eigenvalue weighted by atomic mass is 10.1. The van der Waals surface area contributed by atoms with Crippen LogP contribution in [0.3, 0.4) is 0 Å². The van der Waals surface area contributed by atoms with Crippen LogP contribution in [0.4, 0.5) is 4.79 Å². The van der Waals surface area contributed by atoms with Crippen LogP contribution in [0.5, 0.6) is 0 Å². The van der Waals surface area contributed by atoms with E-state index >= 15 is 0 Å². The Bertz CT molecular complexity index is 672. The molecular weight excluding hydrogens is 390 g/mol. The van der Waals surface area contributed by atoms with Gasteiger partial charge >= 0.3 is 6.03 Å². The average molecular weight is 424 g/mol. The summed E-state index contributed by atoms with van der Waals surface area (Å²) in [6.07, 6.45) is 1.63. The zero-order valence-electron chi connectivity index (χ0n) is 17.6. The molecule has 1 fully saturated rings. The maximum atomic E-state index is 12.2. The Morgan fingerprint density at radius 2 is 1.69 bits per heavy atom. The largest absolute Gasteiger partial charge is 0.350 e. The number of nitrogens with one attached hydrogen (secondary N) is 3. The van der Waals surface area contributed by atoms with Crippen molar-refractivity contribution in [2.75, 3.05) is 45.8 Å². The molecule has 0 unspecified atom stereocenters. The molecule has 3 N–H and O–H groups in total. The highest BCUT2D eigenvalue weighted by atomic mass is 32.1. The summed E-state index contributed by atoms with van der Waals surface area (Å²) in [5, 5.41) is 10.1. The molecule has 4 amide bonds. The van der Waals surface area contributed by atoms with E-state index in [9.17, 15) is 14.4 Å². The summed E-state index contributed by atoms with van der Waals surface area (Å²) in [4.78, 5) is 41.5. The first-order valence-electron chi connectivity index (χ1n) is 10.1. The predicted molar refractivity (Wildman–Crippen MR) is 115 cm³/mol. The first kappa shape index (κ1) is 23.3. The molecule has 2 rings (SSSR count). The van der Waals surface area contributed by atoms with Gasteiger partial charge in [0.1, 0.15) is 0 Å². The minimum absolute atomic E-state index is 0.0166. The fourth-order valence-corrected chi connectivity index (χ4v) is 3.88. The molecule has 0 atom stereocenters. The van der Waals surface area contributed by atoms with Crippen LogP contribution in [0, 0.1) is 0 Å². The Balaban J connectivity index is 1.64. The number of hydrogen-bond donors (Lipinski definition) is 3. The van der Waals surface area contributed by atoms with Gasteiger partial charge in [0.05, 0.1) is 13.1 Å². The topological polar surface area (TPSA) is 93.8 Å². The first-order chi connectivity index (χ1) is 13.7. The molecule has 1 aliphatic rings. The van der Waals surface area contributed by atoms with Crippen molar-refractivity contribution >= 4 is 29.2 Å². The van der Waals surface area contributed by atoms with Gasteiger partial charge in [-0.2, -0.15) is 0 Å². The van der Waals surface area contributed by atoms with E-state index in [1.165, 1.54) is 4.88 Å². The lowest BCUT2D eigenvalue weighted by Gasteiger charge is -2.25. The van der Waals surface area contributed by atoms with Crippen molar-refractivity contribution in [3.63, 3.8) is 0 Å². The number of carbonyl (C=O) groups excluding carboxylic acids is 3. The van der Waals surface area contributed by atoms with Crippen molar-refractivity contribution in [2.24, 2.45) is 0 Å². The molecule has 1 aliphatic heterocycles. The van der Waals surface area contributed by atoms with Gasteiger partial charge in [0.25, 0.3) is 0 Å². The highest BCUT2D eigenvalue weighted by Gasteiger charge is 2.21. The molecule has 162 valence electrons. The molecule has 0 spiro atoms. The van der Waals surface area contributed by atoms with Crippen LogP contribution in [0.25, 0.3) is 0 Å². The normalized spacial score (nSPS) is 16.1. The van der Waals surface area contributed by atoms with Gasteiger partial charge in [0.15, 0.2) is 0 Å². The summed E-state index contributed by atoms with van der Waals surface area (Å²) in [5.41, 5.74) is -0.239. The summed E-state index contributed by atoms with van der Waals surface area (Å²) in [6, 6.07) is 3.54. The molecule has 9 heteroatoms. The van der Waals surface area contributed by atoms with Crippen molar-refractivity contribution in [2.45, 2.75) is 39.2 Å². The summed E-state index contributed by atoms with van der Waals surface area (Å²) in [5.74, 6) is -0.291. The Hall–Kier alpha value is -1.97. The Morgan fingerprint density at radius 1 is 1.03 bits per heavy atom. The standard InChI is InChI=1S/C20H33N5O3S/c1-20(2,3)23-18(27)15-25-10-5-9-24(11-12-25)14-17(26)22-19(28)21-8-7-16-6-4-13-29-16/h4,6,13H,5,7-12,14-15H2,1-3H3,(H,23,27)(H2,21,22,26,28). The minimum atomic E-state index is -0.457. The van der Waals surface area contributed by atoms with Crippen LogP contribution < -0.4 is 16.0 Å². The van der Waals surface area contributed by atoms with Crippen LogP contribution in [0.1, 0.15) is 32.1 Å². The van der Waals surface area contributed by atoms with E-state index in [1.807, 2.05) is 43.2 Å². The number of amides is 4. The quantitative estimate of drug-likeness (QED) is 0.609. The van der Waals surface area contributed by atoms with Gasteiger partial charge in [0.2, 0.25) is 11.8 Å². The van der Waals surface area contributed by atoms with Crippen LogP contribution in [-0.2, 0) is 16.0 Å². The van der Waals surface area contributed by atoms with E-state index in [1.54, 1.807) is 11.3 Å². The fraction of sp³-hybridized carbons (Fsp3) is 0.650. The SMILES string of the molecule is CC(C)(C)NC(=O)CN1CCCN(CC(=O)NC(=O)NCCc2cccs2)CC1. The van der Waals surface area contributed by atoms with Crippen molar-refractivity contribution in [3.8, 4) is 0 Å². The molecule has 29 heavy (non-hydrogen) atoms. The summed E-state index contributed by atoms with van der Waals surface area (Å²) < 4.78 is 0. The van der Waals surface area contributed by atoms with E-state index in [0.29, 0.717) is 19.6 Å². The number of hydrogen-bond acceptors (Lipinski definition) is 6. The maximum absolute atomic E-state index is 12.2. The van der Waals surface area contributed by atoms with Gasteiger partial charge < -0.3 is 10.6 Å². The van der Waals surface area contributed by atoms with Crippen molar-refractivity contribution in [1.82, 2.24) is 25.8 Å². The predicted octanol–water partition coefficient (Wildman–Crippen LogP) is 1.04. The molecule has 0 bridgehead atoms. The van der Waals surface area contributed by atoms with Crippen molar-refractivity contribution in [3.05, 3.63) is 22.4 Å². The lowest BCUT2D eigenvalue weighted by Crippen LogP contribution is -2.47. The zero-order valence-corrected chi connectivity index (χ0v) is 18.4. The molecule has 1 aromatic heterocycles. The van der Waals surface area contributed by atoms with Gasteiger partial charge in [-0.15, -0.1) is 11.3 Å². The Morgan fingerprint density at radius 3 is 2.28 bits per heavy atom. The molecule has 1 saturated heterocycles. The fourth-order valence-electron chi connectivity index (χ4n) is 3.17. The lowest BCUT2D eigenvalue weighted by molar-refractivity contribution is -0.124. The van der Waals surface area contributed by atoms with E-state index in [-0.39, 0.29) is 23.9 Å². The number of thiophene rings is 1. The average Bonchev–Trinajstić information content (AvgIpc) is 3.01. The number of carbonyl (C=O) groups is 3. The maximum Gasteiger partial charge on any atom is 0.321 e. The summed E-state index contributed by atoms with van der Waals surface area (Å²) in [6.45, 7) is 9.93. The second kappa shape index (κ2) is 11.3. The Labute approximate surface area is 177 Å². The minimum Gasteiger partial charge on any atom is -0.350 e. The van der Waals surface area contributed by atoms with Crippen molar-refractivity contribution < 1.29 is 14.4 Å². The summed E-state index contributed by atoms with van der Waals surface area (Å²) >= 11 is 1.65. The van der Waals surface area contributed by atoms with Gasteiger partial charge in [-0.3, -0.25) is 24.7 Å². The van der Waals surface area contributed by atoms with E-state index in [4.69, 9.17) is 0 Å². The molecule has 0 aliphatic carbocycles. The third kappa shape index (κ3) is 9.87. The number of nitrogens with zero attached hydrogens (tertiary/aromatic N) is 2. The van der Waals surface area contributed by atoms with E-state index in [2.05, 4.69) is 20.9 Å². The highest BCUT2D eigenvalue weighted by molar-refractivity contribution is 7.09. The second-order valence-corrected chi connectivity index (χ2v) is 9.37. The Kier molecular flexibility index (Phi) is 9.06. The smallest absolute Gasteiger partial charge is 0.321 e. The molecule has 0 saturated carbocycles. The molecular formula is C20H33N5O3S. The summed E-state index contributed by atoms with van der Waals surface area (Å²) in [7, 11) is 0. The monoisotopic (exact) mass is 423 g/mol. The third-order valence-electron chi connectivity index (χ3n) is 4.42. The third-order valence-corrected chi connectivity index (χ3v) is 5.36. The second-order valence-electron chi connectivity index (χ2n) is 8.34. The number of urea groups is 1. The molecule has 2 heterocycles. The van der Waals surface area contributed by atoms with Crippen molar-refractivity contribution in [1.29, 1.82) is 0 Å². The molecule has 8 nitrogen and oxygen atoms in total. The van der Waals surface area contributed by atoms with E-state index < -0.39 is 6.03 Å². The number of rotatable bonds is 7. The zero-order chi connectivity index (χ0) is 21.3. The van der Waals surface area contributed by atoms with Gasteiger partial charge in [-0.1, -0.05) is 6.07 Å². The van der Waals surface area contributed by atoms with Gasteiger partial charge in [-0.25, -0.2) is 4.79 Å². The van der Waals surface area contributed by atoms with Crippen LogP contribution >= 0.6 is 11.3 Å². The molecule has 1 aromatic rings. The van der Waals surface area contributed by atoms with Crippen LogP contribution in [0.2, 0.25) is 0 Å².